The largest absolute Gasteiger partial charge is 0.465 e. The fourth-order valence-corrected chi connectivity index (χ4v) is 5.47. The highest BCUT2D eigenvalue weighted by atomic mass is 19.4. The number of alkyl halides is 3. The molecule has 1 aromatic carbocycles. The van der Waals surface area contributed by atoms with Crippen LogP contribution in [0.3, 0.4) is 0 Å². The highest BCUT2D eigenvalue weighted by Crippen LogP contribution is 2.40. The molecule has 2 aliphatic rings. The zero-order chi connectivity index (χ0) is 22.1. The quantitative estimate of drug-likeness (QED) is 0.641. The molecule has 0 radical (unpaired) electrons. The van der Waals surface area contributed by atoms with Gasteiger partial charge in [0, 0.05) is 25.2 Å². The number of amides is 1. The summed E-state index contributed by atoms with van der Waals surface area (Å²) in [6.45, 7) is 6.77. The molecule has 1 N–H and O–H groups in total. The third kappa shape index (κ3) is 4.93. The van der Waals surface area contributed by atoms with E-state index in [1.807, 2.05) is 20.8 Å². The van der Waals surface area contributed by atoms with Crippen LogP contribution in [0.1, 0.15) is 70.4 Å². The Kier molecular flexibility index (Phi) is 6.70. The zero-order valence-corrected chi connectivity index (χ0v) is 18.1. The van der Waals surface area contributed by atoms with Crippen molar-refractivity contribution < 1.29 is 23.1 Å². The molecule has 3 rings (SSSR count). The summed E-state index contributed by atoms with van der Waals surface area (Å²) >= 11 is 0. The average Bonchev–Trinajstić information content (AvgIpc) is 3.18. The monoisotopic (exact) mass is 426 g/mol. The maximum Gasteiger partial charge on any atom is 0.416 e. The van der Waals surface area contributed by atoms with Gasteiger partial charge in [0.25, 0.3) is 0 Å². The molecule has 1 saturated heterocycles. The maximum absolute atomic E-state index is 13.6. The van der Waals surface area contributed by atoms with Crippen molar-refractivity contribution in [2.75, 3.05) is 6.54 Å². The lowest BCUT2D eigenvalue weighted by Crippen LogP contribution is -2.62. The van der Waals surface area contributed by atoms with Gasteiger partial charge in [-0.3, -0.25) is 4.90 Å². The van der Waals surface area contributed by atoms with Crippen LogP contribution in [-0.4, -0.2) is 45.7 Å². The molecule has 0 spiro atoms. The van der Waals surface area contributed by atoms with Gasteiger partial charge in [0.05, 0.1) is 11.6 Å². The third-order valence-corrected chi connectivity index (χ3v) is 6.63. The van der Waals surface area contributed by atoms with Crippen LogP contribution in [0, 0.1) is 5.41 Å². The van der Waals surface area contributed by atoms with Crippen LogP contribution in [0.4, 0.5) is 18.0 Å². The summed E-state index contributed by atoms with van der Waals surface area (Å²) in [6, 6.07) is 5.62. The topological polar surface area (TPSA) is 43.8 Å². The Bertz CT molecular complexity index is 739. The first-order valence-electron chi connectivity index (χ1n) is 10.9. The Morgan fingerprint density at radius 3 is 2.30 bits per heavy atom. The number of carbonyl (C=O) groups is 1. The van der Waals surface area contributed by atoms with Crippen molar-refractivity contribution in [2.24, 2.45) is 5.41 Å². The van der Waals surface area contributed by atoms with E-state index in [2.05, 4.69) is 4.90 Å². The molecule has 30 heavy (non-hydrogen) atoms. The lowest BCUT2D eigenvalue weighted by atomic mass is 9.76. The van der Waals surface area contributed by atoms with Gasteiger partial charge in [-0.1, -0.05) is 51.8 Å². The minimum absolute atomic E-state index is 0.0979. The number of piperidine rings is 1. The lowest BCUT2D eigenvalue weighted by molar-refractivity contribution is -0.138. The summed E-state index contributed by atoms with van der Waals surface area (Å²) < 4.78 is 40.9. The lowest BCUT2D eigenvalue weighted by Gasteiger charge is -2.52. The summed E-state index contributed by atoms with van der Waals surface area (Å²) in [6.07, 6.45) is 0.227. The summed E-state index contributed by atoms with van der Waals surface area (Å²) in [5.41, 5.74) is -0.632. The second kappa shape index (κ2) is 8.77. The molecular weight excluding hydrogens is 393 g/mol. The Morgan fingerprint density at radius 1 is 1.10 bits per heavy atom. The minimum atomic E-state index is -4.40. The molecule has 2 fully saturated rings. The van der Waals surface area contributed by atoms with Crippen LogP contribution in [0.25, 0.3) is 0 Å². The molecule has 1 saturated carbocycles. The fraction of sp³-hybridized carbons (Fsp3) is 0.696. The number of rotatable bonds is 4. The van der Waals surface area contributed by atoms with Crippen LogP contribution < -0.4 is 0 Å². The van der Waals surface area contributed by atoms with Crippen molar-refractivity contribution in [1.82, 2.24) is 9.80 Å². The first-order chi connectivity index (χ1) is 14.0. The zero-order valence-electron chi connectivity index (χ0n) is 18.1. The van der Waals surface area contributed by atoms with Crippen molar-refractivity contribution in [3.8, 4) is 0 Å². The number of halogens is 3. The van der Waals surface area contributed by atoms with E-state index in [9.17, 15) is 23.1 Å². The summed E-state index contributed by atoms with van der Waals surface area (Å²) in [7, 11) is 0. The van der Waals surface area contributed by atoms with E-state index in [4.69, 9.17) is 0 Å². The molecule has 1 aliphatic carbocycles. The predicted molar refractivity (Wildman–Crippen MR) is 110 cm³/mol. The van der Waals surface area contributed by atoms with Crippen LogP contribution in [0.5, 0.6) is 0 Å². The minimum Gasteiger partial charge on any atom is -0.465 e. The number of benzene rings is 1. The molecular formula is C23H33F3N2O2. The highest BCUT2D eigenvalue weighted by molar-refractivity contribution is 5.66. The SMILES string of the molecule is CC(C)(C)C1[C@@H](N(Cc2ccccc2C(F)(F)F)C2CCCC2)CCCN1C(=O)O. The van der Waals surface area contributed by atoms with Gasteiger partial charge in [0.1, 0.15) is 0 Å². The van der Waals surface area contributed by atoms with Gasteiger partial charge in [0.15, 0.2) is 0 Å². The van der Waals surface area contributed by atoms with Gasteiger partial charge in [-0.15, -0.1) is 0 Å². The first-order valence-corrected chi connectivity index (χ1v) is 10.9. The smallest absolute Gasteiger partial charge is 0.416 e. The predicted octanol–water partition coefficient (Wildman–Crippen LogP) is 6.01. The Morgan fingerprint density at radius 2 is 1.73 bits per heavy atom. The standard InChI is InChI=1S/C23H33F3N2O2/c1-22(2,3)20-19(13-8-14-27(20)21(29)30)28(17-10-5-6-11-17)15-16-9-4-7-12-18(16)23(24,25)26/h4,7,9,12,17,19-20H,5-6,8,10-11,13-15H2,1-3H3,(H,29,30)/t19-,20?/m0/s1. The Balaban J connectivity index is 2.01. The van der Waals surface area contributed by atoms with E-state index >= 15 is 0 Å². The van der Waals surface area contributed by atoms with E-state index in [1.165, 1.54) is 11.0 Å². The Labute approximate surface area is 177 Å². The van der Waals surface area contributed by atoms with Crippen LogP contribution >= 0.6 is 0 Å². The second-order valence-corrected chi connectivity index (χ2v) is 9.76. The number of carboxylic acid groups (broad SMARTS) is 1. The summed E-state index contributed by atoms with van der Waals surface area (Å²) in [5, 5.41) is 9.84. The average molecular weight is 427 g/mol. The molecule has 1 aromatic rings. The molecule has 0 aromatic heterocycles. The van der Waals surface area contributed by atoms with Gasteiger partial charge in [-0.2, -0.15) is 13.2 Å². The molecule has 7 heteroatoms. The van der Waals surface area contributed by atoms with E-state index < -0.39 is 17.8 Å². The number of nitrogens with zero attached hydrogens (tertiary/aromatic N) is 2. The van der Waals surface area contributed by atoms with Gasteiger partial charge < -0.3 is 10.0 Å². The van der Waals surface area contributed by atoms with E-state index in [0.717, 1.165) is 44.6 Å². The molecule has 2 atom stereocenters. The third-order valence-electron chi connectivity index (χ3n) is 6.63. The first kappa shape index (κ1) is 22.9. The van der Waals surface area contributed by atoms with Crippen molar-refractivity contribution in [3.63, 3.8) is 0 Å². The normalized spacial score (nSPS) is 23.9. The molecule has 4 nitrogen and oxygen atoms in total. The van der Waals surface area contributed by atoms with Crippen LogP contribution in [0.15, 0.2) is 24.3 Å². The van der Waals surface area contributed by atoms with Crippen molar-refractivity contribution in [2.45, 2.75) is 90.1 Å². The number of likely N-dealkylation sites (tertiary alicyclic amines) is 1. The summed E-state index contributed by atoms with van der Waals surface area (Å²) in [4.78, 5) is 15.7. The van der Waals surface area contributed by atoms with Gasteiger partial charge in [0.2, 0.25) is 0 Å². The van der Waals surface area contributed by atoms with Crippen LogP contribution in [0.2, 0.25) is 0 Å². The molecule has 0 bridgehead atoms. The summed E-state index contributed by atoms with van der Waals surface area (Å²) in [5.74, 6) is 0. The van der Waals surface area contributed by atoms with E-state index in [-0.39, 0.29) is 35.6 Å². The van der Waals surface area contributed by atoms with Crippen molar-refractivity contribution >= 4 is 6.09 Å². The maximum atomic E-state index is 13.6. The number of hydrogen-bond donors (Lipinski definition) is 1. The van der Waals surface area contributed by atoms with Gasteiger partial charge in [-0.25, -0.2) is 4.79 Å². The van der Waals surface area contributed by atoms with Crippen LogP contribution in [-0.2, 0) is 12.7 Å². The molecule has 1 unspecified atom stereocenters. The Hall–Kier alpha value is -1.76. The molecule has 1 heterocycles. The van der Waals surface area contributed by atoms with Crippen molar-refractivity contribution in [3.05, 3.63) is 35.4 Å². The second-order valence-electron chi connectivity index (χ2n) is 9.76. The van der Waals surface area contributed by atoms with E-state index in [1.54, 1.807) is 12.1 Å². The van der Waals surface area contributed by atoms with Gasteiger partial charge >= 0.3 is 12.3 Å². The fourth-order valence-electron chi connectivity index (χ4n) is 5.47. The molecule has 1 amide bonds. The van der Waals surface area contributed by atoms with E-state index in [0.29, 0.717) is 6.54 Å². The van der Waals surface area contributed by atoms with Crippen molar-refractivity contribution in [1.29, 1.82) is 0 Å². The molecule has 168 valence electrons. The highest BCUT2D eigenvalue weighted by Gasteiger charge is 2.46. The van der Waals surface area contributed by atoms with Gasteiger partial charge in [-0.05, 0) is 42.7 Å². The molecule has 1 aliphatic heterocycles. The number of hydrogen-bond acceptors (Lipinski definition) is 2.